The van der Waals surface area contributed by atoms with Crippen molar-refractivity contribution >= 4 is 29.3 Å². The molecule has 0 bridgehead atoms. The fraction of sp³-hybridized carbons (Fsp3) is 0.0909. The summed E-state index contributed by atoms with van der Waals surface area (Å²) in [7, 11) is 0. The number of rotatable bonds is 7. The molecule has 0 unspecified atom stereocenters. The summed E-state index contributed by atoms with van der Waals surface area (Å²) >= 11 is 1.44. The second kappa shape index (κ2) is 9.75. The van der Waals surface area contributed by atoms with Gasteiger partial charge in [0.05, 0.1) is 6.04 Å². The number of nitrogens with one attached hydrogen (secondary N) is 1. The van der Waals surface area contributed by atoms with Crippen LogP contribution in [0.3, 0.4) is 0 Å². The number of amides is 1. The molecule has 0 saturated carbocycles. The van der Waals surface area contributed by atoms with E-state index in [1.165, 1.54) is 41.7 Å². The Balaban J connectivity index is 1.59. The highest BCUT2D eigenvalue weighted by Crippen LogP contribution is 2.26. The predicted octanol–water partition coefficient (Wildman–Crippen LogP) is 4.49. The Kier molecular flexibility index (Phi) is 6.86. The van der Waals surface area contributed by atoms with Crippen LogP contribution in [-0.4, -0.2) is 18.5 Å². The number of halogens is 2. The van der Waals surface area contributed by atoms with E-state index in [1.54, 1.807) is 24.3 Å². The summed E-state index contributed by atoms with van der Waals surface area (Å²) in [6.07, 6.45) is 2.34. The number of hydrogen-bond acceptors (Lipinski definition) is 4. The van der Waals surface area contributed by atoms with Crippen molar-refractivity contribution in [2.24, 2.45) is 0 Å². The lowest BCUT2D eigenvalue weighted by Gasteiger charge is -2.18. The fourth-order valence-electron chi connectivity index (χ4n) is 2.59. The SMILES string of the molecule is O=C(COC(=O)/C=C/c1ccccc1F)N[C@H](c1ccc(F)cc1)c1cccs1. The summed E-state index contributed by atoms with van der Waals surface area (Å²) in [5.41, 5.74) is 0.941. The molecule has 4 nitrogen and oxygen atoms in total. The molecule has 0 radical (unpaired) electrons. The van der Waals surface area contributed by atoms with Crippen molar-refractivity contribution in [3.63, 3.8) is 0 Å². The number of hydrogen-bond donors (Lipinski definition) is 1. The molecule has 0 aliphatic rings. The summed E-state index contributed by atoms with van der Waals surface area (Å²) < 4.78 is 31.7. The smallest absolute Gasteiger partial charge is 0.331 e. The Bertz CT molecular complexity index is 1000. The lowest BCUT2D eigenvalue weighted by molar-refractivity contribution is -0.143. The molecule has 0 aliphatic heterocycles. The first-order chi connectivity index (χ1) is 14.0. The van der Waals surface area contributed by atoms with E-state index in [-0.39, 0.29) is 11.4 Å². The van der Waals surface area contributed by atoms with Crippen molar-refractivity contribution in [3.05, 3.63) is 99.8 Å². The summed E-state index contributed by atoms with van der Waals surface area (Å²) in [5.74, 6) is -2.12. The van der Waals surface area contributed by atoms with Gasteiger partial charge in [-0.3, -0.25) is 4.79 Å². The second-order valence-electron chi connectivity index (χ2n) is 6.03. The highest BCUT2D eigenvalue weighted by atomic mass is 32.1. The molecule has 3 rings (SSSR count). The largest absolute Gasteiger partial charge is 0.452 e. The van der Waals surface area contributed by atoms with E-state index < -0.39 is 30.3 Å². The fourth-order valence-corrected chi connectivity index (χ4v) is 3.39. The van der Waals surface area contributed by atoms with E-state index in [2.05, 4.69) is 5.32 Å². The Morgan fingerprint density at radius 1 is 1.03 bits per heavy atom. The zero-order valence-corrected chi connectivity index (χ0v) is 16.0. The van der Waals surface area contributed by atoms with E-state index >= 15 is 0 Å². The normalized spacial score (nSPS) is 11.9. The molecule has 1 N–H and O–H groups in total. The third-order valence-corrected chi connectivity index (χ3v) is 4.92. The molecule has 1 atom stereocenters. The van der Waals surface area contributed by atoms with Crippen molar-refractivity contribution in [1.82, 2.24) is 5.32 Å². The molecule has 2 aromatic carbocycles. The zero-order chi connectivity index (χ0) is 20.6. The first kappa shape index (κ1) is 20.4. The summed E-state index contributed by atoms with van der Waals surface area (Å²) in [4.78, 5) is 24.9. The van der Waals surface area contributed by atoms with Gasteiger partial charge in [0.1, 0.15) is 11.6 Å². The van der Waals surface area contributed by atoms with Gasteiger partial charge in [0.15, 0.2) is 6.61 Å². The number of benzene rings is 2. The second-order valence-corrected chi connectivity index (χ2v) is 7.01. The van der Waals surface area contributed by atoms with E-state index in [4.69, 9.17) is 4.74 Å². The van der Waals surface area contributed by atoms with Gasteiger partial charge >= 0.3 is 5.97 Å². The van der Waals surface area contributed by atoms with Gasteiger partial charge < -0.3 is 10.1 Å². The van der Waals surface area contributed by atoms with Crippen molar-refractivity contribution < 1.29 is 23.1 Å². The van der Waals surface area contributed by atoms with Crippen LogP contribution in [0.1, 0.15) is 22.0 Å². The molecule has 148 valence electrons. The van der Waals surface area contributed by atoms with Crippen LogP contribution in [-0.2, 0) is 14.3 Å². The lowest BCUT2D eigenvalue weighted by Crippen LogP contribution is -2.32. The minimum atomic E-state index is -0.766. The van der Waals surface area contributed by atoms with Crippen molar-refractivity contribution in [2.45, 2.75) is 6.04 Å². The number of thiophene rings is 1. The highest BCUT2D eigenvalue weighted by Gasteiger charge is 2.18. The minimum absolute atomic E-state index is 0.239. The van der Waals surface area contributed by atoms with Crippen molar-refractivity contribution in [2.75, 3.05) is 6.61 Å². The van der Waals surface area contributed by atoms with Gasteiger partial charge in [0.2, 0.25) is 0 Å². The standard InChI is InChI=1S/C22H17F2NO3S/c23-17-10-7-16(8-11-17)22(19-6-3-13-29-19)25-20(26)14-28-21(27)12-9-15-4-1-2-5-18(15)24/h1-13,22H,14H2,(H,25,26)/b12-9+/t22-/m1/s1. The van der Waals surface area contributed by atoms with Crippen LogP contribution in [0.25, 0.3) is 6.08 Å². The van der Waals surface area contributed by atoms with Crippen LogP contribution in [0, 0.1) is 11.6 Å². The first-order valence-corrected chi connectivity index (χ1v) is 9.58. The van der Waals surface area contributed by atoms with Gasteiger partial charge in [-0.25, -0.2) is 13.6 Å². The molecule has 1 aromatic heterocycles. The van der Waals surface area contributed by atoms with Crippen LogP contribution in [0.5, 0.6) is 0 Å². The zero-order valence-electron chi connectivity index (χ0n) is 15.2. The third-order valence-electron chi connectivity index (χ3n) is 3.99. The van der Waals surface area contributed by atoms with E-state index in [9.17, 15) is 18.4 Å². The van der Waals surface area contributed by atoms with Gasteiger partial charge in [-0.2, -0.15) is 0 Å². The molecule has 29 heavy (non-hydrogen) atoms. The molecular formula is C22H17F2NO3S. The molecule has 3 aromatic rings. The molecule has 1 amide bonds. The van der Waals surface area contributed by atoms with Crippen LogP contribution in [0.2, 0.25) is 0 Å². The molecule has 1 heterocycles. The summed E-state index contributed by atoms with van der Waals surface area (Å²) in [6.45, 7) is -0.497. The van der Waals surface area contributed by atoms with E-state index in [0.717, 1.165) is 11.0 Å². The van der Waals surface area contributed by atoms with Gasteiger partial charge in [-0.15, -0.1) is 11.3 Å². The summed E-state index contributed by atoms with van der Waals surface area (Å²) in [5, 5.41) is 4.65. The van der Waals surface area contributed by atoms with E-state index in [1.807, 2.05) is 17.5 Å². The quantitative estimate of drug-likeness (QED) is 0.459. The monoisotopic (exact) mass is 413 g/mol. The first-order valence-electron chi connectivity index (χ1n) is 8.70. The minimum Gasteiger partial charge on any atom is -0.452 e. The van der Waals surface area contributed by atoms with Crippen LogP contribution >= 0.6 is 11.3 Å². The molecule has 0 saturated heterocycles. The average molecular weight is 413 g/mol. The van der Waals surface area contributed by atoms with Crippen molar-refractivity contribution in [1.29, 1.82) is 0 Å². The molecule has 0 spiro atoms. The number of carbonyl (C=O) groups excluding carboxylic acids is 2. The van der Waals surface area contributed by atoms with Crippen LogP contribution in [0.4, 0.5) is 8.78 Å². The maximum Gasteiger partial charge on any atom is 0.331 e. The van der Waals surface area contributed by atoms with Gasteiger partial charge in [0.25, 0.3) is 5.91 Å². The summed E-state index contributed by atoms with van der Waals surface area (Å²) in [6, 6.07) is 15.0. The predicted molar refractivity (Wildman–Crippen MR) is 107 cm³/mol. The Morgan fingerprint density at radius 3 is 2.48 bits per heavy atom. The maximum absolute atomic E-state index is 13.5. The molecule has 0 fully saturated rings. The molecule has 0 aliphatic carbocycles. The van der Waals surface area contributed by atoms with E-state index in [0.29, 0.717) is 5.56 Å². The third kappa shape index (κ3) is 5.83. The average Bonchev–Trinajstić information content (AvgIpc) is 3.25. The lowest BCUT2D eigenvalue weighted by atomic mass is 10.1. The maximum atomic E-state index is 13.5. The van der Waals surface area contributed by atoms with Gasteiger partial charge in [0, 0.05) is 16.5 Å². The number of carbonyl (C=O) groups is 2. The van der Waals surface area contributed by atoms with Gasteiger partial charge in [-0.1, -0.05) is 36.4 Å². The van der Waals surface area contributed by atoms with Crippen molar-refractivity contribution in [3.8, 4) is 0 Å². The number of ether oxygens (including phenoxy) is 1. The topological polar surface area (TPSA) is 55.4 Å². The Hall–Kier alpha value is -3.32. The molecular weight excluding hydrogens is 396 g/mol. The number of esters is 1. The Labute approximate surface area is 170 Å². The Morgan fingerprint density at radius 2 is 1.79 bits per heavy atom. The van der Waals surface area contributed by atoms with Crippen LogP contribution in [0.15, 0.2) is 72.1 Å². The highest BCUT2D eigenvalue weighted by molar-refractivity contribution is 7.10. The van der Waals surface area contributed by atoms with Gasteiger partial charge in [-0.05, 0) is 41.3 Å². The molecule has 7 heteroatoms. The van der Waals surface area contributed by atoms with Crippen LogP contribution < -0.4 is 5.32 Å².